The third-order valence-electron chi connectivity index (χ3n) is 3.35. The zero-order valence-corrected chi connectivity index (χ0v) is 12.7. The lowest BCUT2D eigenvalue weighted by Crippen LogP contribution is -2.46. The number of morpholine rings is 1. The molecule has 21 heavy (non-hydrogen) atoms. The van der Waals surface area contributed by atoms with Crippen molar-refractivity contribution in [2.75, 3.05) is 18.0 Å². The van der Waals surface area contributed by atoms with Gasteiger partial charge in [0.25, 0.3) is 0 Å². The van der Waals surface area contributed by atoms with Gasteiger partial charge in [-0.05, 0) is 19.9 Å². The van der Waals surface area contributed by atoms with Crippen LogP contribution in [0.4, 0.5) is 5.82 Å². The lowest BCUT2D eigenvalue weighted by molar-refractivity contribution is -0.00549. The first kappa shape index (κ1) is 14.1. The highest BCUT2D eigenvalue weighted by atomic mass is 32.1. The first-order chi connectivity index (χ1) is 10.2. The number of aldehydes is 1. The van der Waals surface area contributed by atoms with E-state index in [0.29, 0.717) is 11.4 Å². The number of carbonyl (C=O) groups excluding carboxylic acids is 1. The number of ether oxygens (including phenoxy) is 1. The molecule has 2 aromatic heterocycles. The van der Waals surface area contributed by atoms with Crippen LogP contribution >= 0.6 is 11.3 Å². The van der Waals surface area contributed by atoms with Crippen molar-refractivity contribution < 1.29 is 9.53 Å². The van der Waals surface area contributed by atoms with Crippen LogP contribution in [0.5, 0.6) is 0 Å². The molecule has 6 nitrogen and oxygen atoms in total. The van der Waals surface area contributed by atoms with E-state index in [0.717, 1.165) is 29.9 Å². The van der Waals surface area contributed by atoms with E-state index >= 15 is 0 Å². The van der Waals surface area contributed by atoms with Gasteiger partial charge >= 0.3 is 0 Å². The Hall–Kier alpha value is -1.86. The SMILES string of the molecule is C[C@@H]1CN(c2ncc(-c3nncs3)cc2C=O)C[C@H](C)O1. The molecule has 2 aromatic rings. The van der Waals surface area contributed by atoms with Crippen LogP contribution in [0.1, 0.15) is 24.2 Å². The molecular formula is C14H16N4O2S. The molecule has 2 atom stereocenters. The van der Waals surface area contributed by atoms with Gasteiger partial charge in [-0.2, -0.15) is 0 Å². The Balaban J connectivity index is 1.94. The second kappa shape index (κ2) is 5.87. The Morgan fingerprint density at radius 2 is 2.14 bits per heavy atom. The highest BCUT2D eigenvalue weighted by molar-refractivity contribution is 7.12. The van der Waals surface area contributed by atoms with E-state index in [1.165, 1.54) is 11.3 Å². The number of hydrogen-bond acceptors (Lipinski definition) is 7. The lowest BCUT2D eigenvalue weighted by Gasteiger charge is -2.36. The minimum absolute atomic E-state index is 0.123. The molecule has 3 heterocycles. The van der Waals surface area contributed by atoms with E-state index < -0.39 is 0 Å². The Labute approximate surface area is 126 Å². The Bertz CT molecular complexity index is 622. The molecule has 0 aromatic carbocycles. The maximum absolute atomic E-state index is 11.4. The summed E-state index contributed by atoms with van der Waals surface area (Å²) in [6.45, 7) is 5.52. The van der Waals surface area contributed by atoms with Gasteiger partial charge in [-0.15, -0.1) is 10.2 Å². The third kappa shape index (κ3) is 2.93. The Kier molecular flexibility index (Phi) is 3.94. The fourth-order valence-electron chi connectivity index (χ4n) is 2.59. The second-order valence-corrected chi connectivity index (χ2v) is 5.99. The van der Waals surface area contributed by atoms with Crippen LogP contribution in [0.15, 0.2) is 17.8 Å². The van der Waals surface area contributed by atoms with Crippen molar-refractivity contribution in [3.63, 3.8) is 0 Å². The van der Waals surface area contributed by atoms with Crippen LogP contribution in [0.25, 0.3) is 10.6 Å². The summed E-state index contributed by atoms with van der Waals surface area (Å²) in [5.41, 5.74) is 3.05. The highest BCUT2D eigenvalue weighted by Crippen LogP contribution is 2.26. The van der Waals surface area contributed by atoms with Crippen molar-refractivity contribution in [2.24, 2.45) is 0 Å². The molecule has 0 N–H and O–H groups in total. The van der Waals surface area contributed by atoms with Crippen molar-refractivity contribution >= 4 is 23.4 Å². The van der Waals surface area contributed by atoms with Gasteiger partial charge in [-0.25, -0.2) is 4.98 Å². The number of carbonyl (C=O) groups is 1. The molecular weight excluding hydrogens is 288 g/mol. The van der Waals surface area contributed by atoms with E-state index in [-0.39, 0.29) is 12.2 Å². The lowest BCUT2D eigenvalue weighted by atomic mass is 10.1. The molecule has 0 bridgehead atoms. The predicted molar refractivity (Wildman–Crippen MR) is 80.7 cm³/mol. The van der Waals surface area contributed by atoms with E-state index in [9.17, 15) is 4.79 Å². The summed E-state index contributed by atoms with van der Waals surface area (Å²) in [6, 6.07) is 1.82. The number of pyridine rings is 1. The molecule has 0 amide bonds. The van der Waals surface area contributed by atoms with Crippen LogP contribution < -0.4 is 4.90 Å². The molecule has 0 aliphatic carbocycles. The van der Waals surface area contributed by atoms with Gasteiger partial charge in [-0.1, -0.05) is 11.3 Å². The zero-order chi connectivity index (χ0) is 14.8. The summed E-state index contributed by atoms with van der Waals surface area (Å²) in [6.07, 6.45) is 2.83. The van der Waals surface area contributed by atoms with Crippen molar-refractivity contribution in [3.8, 4) is 10.6 Å². The fourth-order valence-corrected chi connectivity index (χ4v) is 3.13. The van der Waals surface area contributed by atoms with Crippen LogP contribution in [0.2, 0.25) is 0 Å². The van der Waals surface area contributed by atoms with Crippen molar-refractivity contribution in [1.29, 1.82) is 0 Å². The van der Waals surface area contributed by atoms with Crippen molar-refractivity contribution in [2.45, 2.75) is 26.1 Å². The highest BCUT2D eigenvalue weighted by Gasteiger charge is 2.25. The first-order valence-corrected chi connectivity index (χ1v) is 7.67. The molecule has 0 radical (unpaired) electrons. The molecule has 0 spiro atoms. The maximum Gasteiger partial charge on any atom is 0.153 e. The summed E-state index contributed by atoms with van der Waals surface area (Å²) in [5.74, 6) is 0.709. The molecule has 0 unspecified atom stereocenters. The Morgan fingerprint density at radius 1 is 1.38 bits per heavy atom. The van der Waals surface area contributed by atoms with E-state index in [1.54, 1.807) is 11.7 Å². The van der Waals surface area contributed by atoms with Gasteiger partial charge in [-0.3, -0.25) is 4.79 Å². The van der Waals surface area contributed by atoms with Gasteiger partial charge in [0.1, 0.15) is 16.3 Å². The van der Waals surface area contributed by atoms with E-state index in [2.05, 4.69) is 20.1 Å². The Morgan fingerprint density at radius 3 is 2.76 bits per heavy atom. The second-order valence-electron chi connectivity index (χ2n) is 5.16. The van der Waals surface area contributed by atoms with Gasteiger partial charge in [0.05, 0.1) is 17.8 Å². The van der Waals surface area contributed by atoms with Crippen LogP contribution in [0.3, 0.4) is 0 Å². The van der Waals surface area contributed by atoms with E-state index in [4.69, 9.17) is 4.74 Å². The largest absolute Gasteiger partial charge is 0.372 e. The molecule has 7 heteroatoms. The van der Waals surface area contributed by atoms with Gasteiger partial charge in [0.2, 0.25) is 0 Å². The number of nitrogens with zero attached hydrogens (tertiary/aromatic N) is 4. The van der Waals surface area contributed by atoms with Crippen molar-refractivity contribution in [1.82, 2.24) is 15.2 Å². The molecule has 1 saturated heterocycles. The normalized spacial score (nSPS) is 22.3. The number of aromatic nitrogens is 3. The quantitative estimate of drug-likeness (QED) is 0.808. The van der Waals surface area contributed by atoms with Gasteiger partial charge < -0.3 is 9.64 Å². The molecule has 1 aliphatic rings. The maximum atomic E-state index is 11.4. The van der Waals surface area contributed by atoms with Crippen LogP contribution in [0, 0.1) is 0 Å². The number of anilines is 1. The summed E-state index contributed by atoms with van der Waals surface area (Å²) >= 11 is 1.43. The topological polar surface area (TPSA) is 68.2 Å². The number of rotatable bonds is 3. The first-order valence-electron chi connectivity index (χ1n) is 6.79. The molecule has 3 rings (SSSR count). The average Bonchev–Trinajstić information content (AvgIpc) is 2.99. The zero-order valence-electron chi connectivity index (χ0n) is 11.9. The third-order valence-corrected chi connectivity index (χ3v) is 4.09. The van der Waals surface area contributed by atoms with Crippen LogP contribution in [-0.4, -0.2) is 46.8 Å². The monoisotopic (exact) mass is 304 g/mol. The summed E-state index contributed by atoms with van der Waals surface area (Å²) < 4.78 is 5.72. The van der Waals surface area contributed by atoms with Crippen molar-refractivity contribution in [3.05, 3.63) is 23.3 Å². The van der Waals surface area contributed by atoms with Gasteiger partial charge in [0.15, 0.2) is 6.29 Å². The van der Waals surface area contributed by atoms with Gasteiger partial charge in [0, 0.05) is 24.8 Å². The molecule has 1 aliphatic heterocycles. The van der Waals surface area contributed by atoms with E-state index in [1.807, 2.05) is 19.9 Å². The van der Waals surface area contributed by atoms with Crippen LogP contribution in [-0.2, 0) is 4.74 Å². The predicted octanol–water partition coefficient (Wildman–Crippen LogP) is 2.03. The summed E-state index contributed by atoms with van der Waals surface area (Å²) in [5, 5.41) is 8.58. The molecule has 0 saturated carbocycles. The average molecular weight is 304 g/mol. The molecule has 1 fully saturated rings. The smallest absolute Gasteiger partial charge is 0.153 e. The standard InChI is InChI=1S/C14H16N4O2S/c1-9-5-18(6-10(2)20-9)13-12(7-19)3-11(4-15-13)14-17-16-8-21-14/h3-4,7-10H,5-6H2,1-2H3/t9-,10+. The minimum Gasteiger partial charge on any atom is -0.372 e. The summed E-state index contributed by atoms with van der Waals surface area (Å²) in [7, 11) is 0. The molecule has 110 valence electrons. The summed E-state index contributed by atoms with van der Waals surface area (Å²) in [4.78, 5) is 18.0. The number of hydrogen-bond donors (Lipinski definition) is 0. The fraction of sp³-hybridized carbons (Fsp3) is 0.429. The minimum atomic E-state index is 0.123.